The summed E-state index contributed by atoms with van der Waals surface area (Å²) in [7, 11) is 0. The van der Waals surface area contributed by atoms with E-state index in [9.17, 15) is 9.59 Å². The molecule has 0 aromatic carbocycles. The Morgan fingerprint density at radius 3 is 2.50 bits per heavy atom. The molecule has 14 heavy (non-hydrogen) atoms. The summed E-state index contributed by atoms with van der Waals surface area (Å²) in [6.07, 6.45) is 1.60. The van der Waals surface area contributed by atoms with E-state index in [1.54, 1.807) is 13.0 Å². The van der Waals surface area contributed by atoms with Crippen LogP contribution in [-0.2, 0) is 4.79 Å². The van der Waals surface area contributed by atoms with Crippen LogP contribution in [-0.4, -0.2) is 24.0 Å². The number of amides is 3. The van der Waals surface area contributed by atoms with E-state index in [4.69, 9.17) is 5.73 Å². The molecule has 3 amide bonds. The third-order valence-corrected chi connectivity index (χ3v) is 2.42. The fraction of sp³-hybridized carbons (Fsp3) is 0.500. The molecule has 0 saturated carbocycles. The number of carbonyl (C=O) groups excluding carboxylic acids is 2. The quantitative estimate of drug-likeness (QED) is 0.453. The van der Waals surface area contributed by atoms with Crippen LogP contribution in [0, 0.1) is 5.92 Å². The SMILES string of the molecule is C=CC(C)C1(CN)NC(=O)NC1=O.Cl. The molecule has 80 valence electrons. The molecule has 1 aliphatic rings. The van der Waals surface area contributed by atoms with Crippen molar-refractivity contribution < 1.29 is 9.59 Å². The number of nitrogens with two attached hydrogens (primary N) is 1. The molecule has 2 unspecified atom stereocenters. The minimum absolute atomic E-state index is 0. The first-order valence-electron chi connectivity index (χ1n) is 4.03. The maximum atomic E-state index is 11.4. The van der Waals surface area contributed by atoms with Gasteiger partial charge in [-0.1, -0.05) is 13.0 Å². The van der Waals surface area contributed by atoms with Gasteiger partial charge < -0.3 is 11.1 Å². The van der Waals surface area contributed by atoms with Crippen molar-refractivity contribution in [3.05, 3.63) is 12.7 Å². The second kappa shape index (κ2) is 4.43. The van der Waals surface area contributed by atoms with Gasteiger partial charge in [-0.15, -0.1) is 19.0 Å². The number of hydrogen-bond acceptors (Lipinski definition) is 3. The number of imide groups is 1. The highest BCUT2D eigenvalue weighted by Crippen LogP contribution is 2.20. The summed E-state index contributed by atoms with van der Waals surface area (Å²) in [6, 6.07) is -0.496. The number of halogens is 1. The zero-order valence-electron chi connectivity index (χ0n) is 7.87. The van der Waals surface area contributed by atoms with Crippen molar-refractivity contribution in [2.75, 3.05) is 6.54 Å². The Morgan fingerprint density at radius 1 is 1.64 bits per heavy atom. The smallest absolute Gasteiger partial charge is 0.322 e. The van der Waals surface area contributed by atoms with E-state index in [0.29, 0.717) is 0 Å². The lowest BCUT2D eigenvalue weighted by Crippen LogP contribution is -2.57. The van der Waals surface area contributed by atoms with Crippen molar-refractivity contribution in [3.63, 3.8) is 0 Å². The lowest BCUT2D eigenvalue weighted by Gasteiger charge is -2.28. The van der Waals surface area contributed by atoms with E-state index in [1.807, 2.05) is 0 Å². The Labute approximate surface area is 88.5 Å². The van der Waals surface area contributed by atoms with Crippen molar-refractivity contribution in [3.8, 4) is 0 Å². The van der Waals surface area contributed by atoms with Crippen molar-refractivity contribution in [2.24, 2.45) is 11.7 Å². The Kier molecular flexibility index (Phi) is 4.09. The second-order valence-electron chi connectivity index (χ2n) is 3.11. The predicted octanol–water partition coefficient (Wildman–Crippen LogP) is -0.233. The van der Waals surface area contributed by atoms with Gasteiger partial charge in [0, 0.05) is 12.5 Å². The molecule has 4 N–H and O–H groups in total. The molecule has 1 rings (SSSR count). The van der Waals surface area contributed by atoms with Crippen molar-refractivity contribution >= 4 is 24.3 Å². The first-order valence-corrected chi connectivity index (χ1v) is 4.03. The molecule has 0 bridgehead atoms. The molecular weight excluding hydrogens is 206 g/mol. The molecule has 2 atom stereocenters. The topological polar surface area (TPSA) is 84.2 Å². The first kappa shape index (κ1) is 12.9. The van der Waals surface area contributed by atoms with E-state index in [1.165, 1.54) is 0 Å². The molecular formula is C8H14ClN3O2. The number of carbonyl (C=O) groups is 2. The molecule has 0 aromatic rings. The average Bonchev–Trinajstić information content (AvgIpc) is 2.40. The average molecular weight is 220 g/mol. The van der Waals surface area contributed by atoms with Gasteiger partial charge in [-0.25, -0.2) is 4.79 Å². The molecule has 1 fully saturated rings. The van der Waals surface area contributed by atoms with Gasteiger partial charge in [0.25, 0.3) is 5.91 Å². The highest BCUT2D eigenvalue weighted by atomic mass is 35.5. The number of urea groups is 1. The zero-order valence-corrected chi connectivity index (χ0v) is 8.69. The predicted molar refractivity (Wildman–Crippen MR) is 55.1 cm³/mol. The summed E-state index contributed by atoms with van der Waals surface area (Å²) >= 11 is 0. The van der Waals surface area contributed by atoms with Crippen LogP contribution < -0.4 is 16.4 Å². The maximum absolute atomic E-state index is 11.4. The standard InChI is InChI=1S/C8H13N3O2.ClH/c1-3-5(2)8(4-9)6(12)10-7(13)11-8;/h3,5H,1,4,9H2,2H3,(H2,10,11,12,13);1H. The normalized spacial score (nSPS) is 27.3. The summed E-state index contributed by atoms with van der Waals surface area (Å²) < 4.78 is 0. The summed E-state index contributed by atoms with van der Waals surface area (Å²) in [5, 5.41) is 4.68. The largest absolute Gasteiger partial charge is 0.328 e. The van der Waals surface area contributed by atoms with E-state index in [-0.39, 0.29) is 30.8 Å². The van der Waals surface area contributed by atoms with Crippen LogP contribution in [0.1, 0.15) is 6.92 Å². The molecule has 6 heteroatoms. The van der Waals surface area contributed by atoms with Gasteiger partial charge in [-0.3, -0.25) is 10.1 Å². The van der Waals surface area contributed by atoms with Gasteiger partial charge in [0.05, 0.1) is 0 Å². The van der Waals surface area contributed by atoms with Crippen LogP contribution in [0.15, 0.2) is 12.7 Å². The Morgan fingerprint density at radius 2 is 2.21 bits per heavy atom. The van der Waals surface area contributed by atoms with E-state index in [0.717, 1.165) is 0 Å². The third kappa shape index (κ3) is 1.73. The van der Waals surface area contributed by atoms with Gasteiger partial charge in [-0.05, 0) is 0 Å². The summed E-state index contributed by atoms with van der Waals surface area (Å²) in [5.41, 5.74) is 4.46. The number of rotatable bonds is 3. The molecule has 0 radical (unpaired) electrons. The highest BCUT2D eigenvalue weighted by Gasteiger charge is 2.48. The first-order chi connectivity index (χ1) is 6.06. The molecule has 5 nitrogen and oxygen atoms in total. The number of hydrogen-bond donors (Lipinski definition) is 3. The summed E-state index contributed by atoms with van der Waals surface area (Å²) in [4.78, 5) is 22.3. The fourth-order valence-corrected chi connectivity index (χ4v) is 1.36. The minimum atomic E-state index is -1.02. The summed E-state index contributed by atoms with van der Waals surface area (Å²) in [5.74, 6) is -0.573. The molecule has 1 aliphatic heterocycles. The molecule has 0 aromatic heterocycles. The van der Waals surface area contributed by atoms with Gasteiger partial charge in [0.2, 0.25) is 0 Å². The van der Waals surface area contributed by atoms with Crippen LogP contribution >= 0.6 is 12.4 Å². The van der Waals surface area contributed by atoms with E-state index >= 15 is 0 Å². The molecule has 0 aliphatic carbocycles. The lowest BCUT2D eigenvalue weighted by molar-refractivity contribution is -0.124. The van der Waals surface area contributed by atoms with E-state index in [2.05, 4.69) is 17.2 Å². The van der Waals surface area contributed by atoms with Crippen LogP contribution in [0.3, 0.4) is 0 Å². The Balaban J connectivity index is 0.00000169. The monoisotopic (exact) mass is 219 g/mol. The van der Waals surface area contributed by atoms with Crippen LogP contribution in [0.5, 0.6) is 0 Å². The Bertz CT molecular complexity index is 269. The third-order valence-electron chi connectivity index (χ3n) is 2.42. The molecule has 1 heterocycles. The van der Waals surface area contributed by atoms with E-state index < -0.39 is 11.6 Å². The molecule has 0 spiro atoms. The second-order valence-corrected chi connectivity index (χ2v) is 3.11. The van der Waals surface area contributed by atoms with Crippen LogP contribution in [0.25, 0.3) is 0 Å². The number of nitrogens with one attached hydrogen (secondary N) is 2. The minimum Gasteiger partial charge on any atom is -0.328 e. The Hall–Kier alpha value is -1.07. The zero-order chi connectivity index (χ0) is 10.1. The summed E-state index contributed by atoms with van der Waals surface area (Å²) in [6.45, 7) is 5.42. The van der Waals surface area contributed by atoms with Crippen molar-refractivity contribution in [2.45, 2.75) is 12.5 Å². The molecule has 1 saturated heterocycles. The van der Waals surface area contributed by atoms with Crippen molar-refractivity contribution in [1.82, 2.24) is 10.6 Å². The van der Waals surface area contributed by atoms with Gasteiger partial charge in [-0.2, -0.15) is 0 Å². The van der Waals surface area contributed by atoms with Crippen molar-refractivity contribution in [1.29, 1.82) is 0 Å². The van der Waals surface area contributed by atoms with Crippen LogP contribution in [0.2, 0.25) is 0 Å². The highest BCUT2D eigenvalue weighted by molar-refractivity contribution is 6.07. The van der Waals surface area contributed by atoms with Gasteiger partial charge in [0.1, 0.15) is 5.54 Å². The fourth-order valence-electron chi connectivity index (χ4n) is 1.36. The van der Waals surface area contributed by atoms with Gasteiger partial charge in [0.15, 0.2) is 0 Å². The van der Waals surface area contributed by atoms with Crippen LogP contribution in [0.4, 0.5) is 4.79 Å². The lowest BCUT2D eigenvalue weighted by atomic mass is 9.85. The maximum Gasteiger partial charge on any atom is 0.322 e. The van der Waals surface area contributed by atoms with Gasteiger partial charge >= 0.3 is 6.03 Å².